The van der Waals surface area contributed by atoms with Gasteiger partial charge in [-0.1, -0.05) is 12.1 Å². The molecule has 2 aromatic rings. The zero-order valence-electron chi connectivity index (χ0n) is 14.2. The van der Waals surface area contributed by atoms with Crippen LogP contribution in [-0.2, 0) is 4.79 Å². The van der Waals surface area contributed by atoms with E-state index in [0.29, 0.717) is 22.9 Å². The number of hydrogen-bond donors (Lipinski definition) is 1. The predicted octanol–water partition coefficient (Wildman–Crippen LogP) is 3.51. The summed E-state index contributed by atoms with van der Waals surface area (Å²) < 4.78 is 23.4. The zero-order chi connectivity index (χ0) is 17.6. The smallest absolute Gasteiger partial charge is 0.269 e. The third kappa shape index (κ3) is 2.62. The molecule has 2 aliphatic heterocycles. The largest absolute Gasteiger partial charge is 0.485 e. The van der Waals surface area contributed by atoms with Crippen LogP contribution in [0, 0.1) is 0 Å². The summed E-state index contributed by atoms with van der Waals surface area (Å²) in [5, 5.41) is 2.87. The Morgan fingerprint density at radius 2 is 1.73 bits per heavy atom. The molecule has 0 saturated heterocycles. The van der Waals surface area contributed by atoms with Gasteiger partial charge in [0.1, 0.15) is 6.61 Å². The van der Waals surface area contributed by atoms with Gasteiger partial charge in [0.25, 0.3) is 11.7 Å². The molecular weight excluding hydrogens is 334 g/mol. The maximum Gasteiger partial charge on any atom is 0.269 e. The second-order valence-corrected chi connectivity index (χ2v) is 6.84. The Balaban J connectivity index is 1.28. The van der Waals surface area contributed by atoms with Gasteiger partial charge >= 0.3 is 0 Å². The molecule has 1 aliphatic carbocycles. The number of hydrogen-bond acceptors (Lipinski definition) is 5. The van der Waals surface area contributed by atoms with E-state index in [1.807, 2.05) is 30.3 Å². The average molecular weight is 353 g/mol. The number of carbonyl (C=O) groups excluding carboxylic acids is 1. The molecule has 134 valence electrons. The quantitative estimate of drug-likeness (QED) is 0.895. The van der Waals surface area contributed by atoms with Crippen molar-refractivity contribution in [2.24, 2.45) is 0 Å². The standard InChI is InChI=1S/C20H19NO5/c22-19(18-12-23-14-5-1-2-6-15(14)24-18)21-13-7-8-16-17(11-13)26-20(25-16)9-3-4-10-20/h1-2,5-8,11,18H,3-4,9-10,12H2,(H,21,22)/t18-/m1/s1. The molecule has 26 heavy (non-hydrogen) atoms. The highest BCUT2D eigenvalue weighted by atomic mass is 16.7. The van der Waals surface area contributed by atoms with E-state index in [2.05, 4.69) is 5.32 Å². The van der Waals surface area contributed by atoms with Crippen LogP contribution in [0.2, 0.25) is 0 Å². The Labute approximate surface area is 151 Å². The second kappa shape index (κ2) is 5.83. The van der Waals surface area contributed by atoms with Crippen molar-refractivity contribution < 1.29 is 23.7 Å². The molecule has 1 atom stereocenters. The number of carbonyl (C=O) groups is 1. The van der Waals surface area contributed by atoms with Crippen LogP contribution in [0.5, 0.6) is 23.0 Å². The molecule has 5 rings (SSSR count). The van der Waals surface area contributed by atoms with Crippen LogP contribution in [0.3, 0.4) is 0 Å². The van der Waals surface area contributed by atoms with E-state index in [1.54, 1.807) is 12.1 Å². The van der Waals surface area contributed by atoms with E-state index in [-0.39, 0.29) is 12.5 Å². The molecule has 1 fully saturated rings. The highest BCUT2D eigenvalue weighted by Gasteiger charge is 2.44. The van der Waals surface area contributed by atoms with Crippen LogP contribution in [0.15, 0.2) is 42.5 Å². The summed E-state index contributed by atoms with van der Waals surface area (Å²) in [6, 6.07) is 12.8. The van der Waals surface area contributed by atoms with E-state index in [9.17, 15) is 4.79 Å². The number of para-hydroxylation sites is 2. The van der Waals surface area contributed by atoms with Crippen LogP contribution in [0.25, 0.3) is 0 Å². The highest BCUT2D eigenvalue weighted by Crippen LogP contribution is 2.47. The van der Waals surface area contributed by atoms with Crippen molar-refractivity contribution in [1.29, 1.82) is 0 Å². The number of anilines is 1. The van der Waals surface area contributed by atoms with Gasteiger partial charge in [0.15, 0.2) is 23.0 Å². The number of fused-ring (bicyclic) bond motifs is 2. The Bertz CT molecular complexity index is 859. The van der Waals surface area contributed by atoms with Gasteiger partial charge in [-0.3, -0.25) is 4.79 Å². The minimum atomic E-state index is -0.698. The molecule has 6 nitrogen and oxygen atoms in total. The van der Waals surface area contributed by atoms with Gasteiger partial charge in [-0.2, -0.15) is 0 Å². The van der Waals surface area contributed by atoms with Crippen molar-refractivity contribution in [2.75, 3.05) is 11.9 Å². The predicted molar refractivity (Wildman–Crippen MR) is 93.9 cm³/mol. The van der Waals surface area contributed by atoms with Gasteiger partial charge in [-0.25, -0.2) is 0 Å². The fraction of sp³-hybridized carbons (Fsp3) is 0.350. The van der Waals surface area contributed by atoms with Crippen molar-refractivity contribution in [3.63, 3.8) is 0 Å². The summed E-state index contributed by atoms with van der Waals surface area (Å²) in [5.74, 6) is 1.88. The molecular formula is C20H19NO5. The lowest BCUT2D eigenvalue weighted by atomic mass is 10.2. The molecule has 2 aromatic carbocycles. The summed E-state index contributed by atoms with van der Waals surface area (Å²) in [5.41, 5.74) is 0.648. The first kappa shape index (κ1) is 15.4. The van der Waals surface area contributed by atoms with Crippen LogP contribution in [0.4, 0.5) is 5.69 Å². The number of nitrogens with one attached hydrogen (secondary N) is 1. The minimum absolute atomic E-state index is 0.177. The van der Waals surface area contributed by atoms with Crippen molar-refractivity contribution in [2.45, 2.75) is 37.6 Å². The van der Waals surface area contributed by atoms with Gasteiger partial charge in [-0.05, 0) is 37.1 Å². The monoisotopic (exact) mass is 353 g/mol. The molecule has 1 spiro atoms. The first-order chi connectivity index (χ1) is 12.7. The van der Waals surface area contributed by atoms with Crippen molar-refractivity contribution in [3.05, 3.63) is 42.5 Å². The first-order valence-corrected chi connectivity index (χ1v) is 8.92. The zero-order valence-corrected chi connectivity index (χ0v) is 14.2. The Morgan fingerprint density at radius 1 is 0.962 bits per heavy atom. The van der Waals surface area contributed by atoms with E-state index >= 15 is 0 Å². The van der Waals surface area contributed by atoms with Crippen molar-refractivity contribution in [3.8, 4) is 23.0 Å². The number of amides is 1. The molecule has 6 heteroatoms. The van der Waals surface area contributed by atoms with E-state index < -0.39 is 11.9 Å². The molecule has 0 bridgehead atoms. The third-order valence-corrected chi connectivity index (χ3v) is 4.97. The lowest BCUT2D eigenvalue weighted by Gasteiger charge is -2.25. The molecule has 0 radical (unpaired) electrons. The minimum Gasteiger partial charge on any atom is -0.485 e. The number of benzene rings is 2. The maximum absolute atomic E-state index is 12.5. The number of ether oxygens (including phenoxy) is 4. The van der Waals surface area contributed by atoms with Crippen LogP contribution < -0.4 is 24.3 Å². The maximum atomic E-state index is 12.5. The normalized spacial score (nSPS) is 21.6. The molecule has 1 saturated carbocycles. The summed E-state index contributed by atoms with van der Waals surface area (Å²) in [6.45, 7) is 0.177. The summed E-state index contributed by atoms with van der Waals surface area (Å²) in [7, 11) is 0. The Kier molecular flexibility index (Phi) is 3.45. The van der Waals surface area contributed by atoms with Gasteiger partial charge in [0, 0.05) is 24.6 Å². The fourth-order valence-corrected chi connectivity index (χ4v) is 3.66. The lowest BCUT2D eigenvalue weighted by Crippen LogP contribution is -2.40. The van der Waals surface area contributed by atoms with Crippen molar-refractivity contribution >= 4 is 11.6 Å². The highest BCUT2D eigenvalue weighted by molar-refractivity contribution is 5.95. The number of rotatable bonds is 2. The molecule has 0 unspecified atom stereocenters. The van der Waals surface area contributed by atoms with Gasteiger partial charge in [-0.15, -0.1) is 0 Å². The Hall–Kier alpha value is -2.89. The van der Waals surface area contributed by atoms with Gasteiger partial charge in [0.2, 0.25) is 6.10 Å². The third-order valence-electron chi connectivity index (χ3n) is 4.97. The SMILES string of the molecule is O=C(Nc1ccc2c(c1)OC1(CCCC1)O2)[C@H]1COc2ccccc2O1. The molecule has 3 aliphatic rings. The summed E-state index contributed by atoms with van der Waals surface area (Å²) in [6.07, 6.45) is 3.32. The fourth-order valence-electron chi connectivity index (χ4n) is 3.66. The van der Waals surface area contributed by atoms with E-state index in [0.717, 1.165) is 31.4 Å². The second-order valence-electron chi connectivity index (χ2n) is 6.84. The topological polar surface area (TPSA) is 66.0 Å². The van der Waals surface area contributed by atoms with Crippen LogP contribution in [0.1, 0.15) is 25.7 Å². The molecule has 1 amide bonds. The van der Waals surface area contributed by atoms with Crippen LogP contribution in [-0.4, -0.2) is 24.4 Å². The van der Waals surface area contributed by atoms with E-state index in [4.69, 9.17) is 18.9 Å². The van der Waals surface area contributed by atoms with Gasteiger partial charge < -0.3 is 24.3 Å². The molecule has 1 N–H and O–H groups in total. The molecule has 2 heterocycles. The molecule has 0 aromatic heterocycles. The van der Waals surface area contributed by atoms with Crippen LogP contribution >= 0.6 is 0 Å². The summed E-state index contributed by atoms with van der Waals surface area (Å²) in [4.78, 5) is 12.5. The lowest BCUT2D eigenvalue weighted by molar-refractivity contribution is -0.125. The first-order valence-electron chi connectivity index (χ1n) is 8.92. The average Bonchev–Trinajstić information content (AvgIpc) is 3.27. The summed E-state index contributed by atoms with van der Waals surface area (Å²) >= 11 is 0. The van der Waals surface area contributed by atoms with Crippen molar-refractivity contribution in [1.82, 2.24) is 0 Å². The van der Waals surface area contributed by atoms with Gasteiger partial charge in [0.05, 0.1) is 0 Å². The van der Waals surface area contributed by atoms with E-state index in [1.165, 1.54) is 0 Å². The Morgan fingerprint density at radius 3 is 2.58 bits per heavy atom.